The Morgan fingerprint density at radius 2 is 2.12 bits per heavy atom. The third kappa shape index (κ3) is 5.98. The first-order valence-electron chi connectivity index (χ1n) is 5.07. The molecule has 0 amide bonds. The smallest absolute Gasteiger partial charge is 0.222 e. The van der Waals surface area contributed by atoms with Gasteiger partial charge in [0.25, 0.3) is 0 Å². The lowest BCUT2D eigenvalue weighted by atomic mass is 10.2. The SMILES string of the molecule is CC(=O)[O-].CCOc1nc(C)ccc1C[NH3+]. The first-order chi connectivity index (χ1) is 7.51. The molecule has 1 heterocycles. The standard InChI is InChI=1S/C9H14N2O.C2H4O2/c1-3-12-9-8(6-10)5-4-7(2)11-9;1-2(3)4/h4-5H,3,6,10H2,1-2H3;1H3,(H,3,4). The van der Waals surface area contributed by atoms with E-state index in [2.05, 4.69) is 10.7 Å². The second kappa shape index (κ2) is 7.64. The Morgan fingerprint density at radius 3 is 2.56 bits per heavy atom. The number of aromatic nitrogens is 1. The number of nitrogens with zero attached hydrogens (tertiary/aromatic N) is 1. The van der Waals surface area contributed by atoms with Crippen molar-refractivity contribution < 1.29 is 20.4 Å². The quantitative estimate of drug-likeness (QED) is 0.737. The third-order valence-corrected chi connectivity index (χ3v) is 1.63. The minimum Gasteiger partial charge on any atom is -0.550 e. The first kappa shape index (κ1) is 14.4. The van der Waals surface area contributed by atoms with Gasteiger partial charge in [-0.25, -0.2) is 4.98 Å². The van der Waals surface area contributed by atoms with Crippen molar-refractivity contribution in [2.75, 3.05) is 6.61 Å². The van der Waals surface area contributed by atoms with E-state index in [1.807, 2.05) is 26.0 Å². The summed E-state index contributed by atoms with van der Waals surface area (Å²) in [6.45, 7) is 6.26. The van der Waals surface area contributed by atoms with Crippen molar-refractivity contribution in [1.29, 1.82) is 0 Å². The van der Waals surface area contributed by atoms with Gasteiger partial charge in [0.05, 0.1) is 12.2 Å². The molecule has 0 aromatic carbocycles. The molecule has 0 fully saturated rings. The fourth-order valence-corrected chi connectivity index (χ4v) is 1.01. The van der Waals surface area contributed by atoms with Gasteiger partial charge in [0.1, 0.15) is 6.54 Å². The Morgan fingerprint density at radius 1 is 1.56 bits per heavy atom. The zero-order valence-electron chi connectivity index (χ0n) is 9.95. The number of pyridine rings is 1. The van der Waals surface area contributed by atoms with Gasteiger partial charge >= 0.3 is 0 Å². The van der Waals surface area contributed by atoms with Crippen molar-refractivity contribution in [2.24, 2.45) is 0 Å². The Balaban J connectivity index is 0.000000487. The molecule has 0 saturated heterocycles. The highest BCUT2D eigenvalue weighted by Crippen LogP contribution is 2.14. The molecule has 0 aliphatic heterocycles. The molecule has 1 rings (SSSR count). The predicted octanol–water partition coefficient (Wildman–Crippen LogP) is -0.713. The number of quaternary nitrogens is 1. The molecule has 0 saturated carbocycles. The number of hydrogen-bond donors (Lipinski definition) is 1. The summed E-state index contributed by atoms with van der Waals surface area (Å²) in [5.74, 6) is -0.354. The molecule has 0 aliphatic carbocycles. The van der Waals surface area contributed by atoms with Crippen LogP contribution in [0.4, 0.5) is 0 Å². The summed E-state index contributed by atoms with van der Waals surface area (Å²) >= 11 is 0. The number of carbonyl (C=O) groups excluding carboxylic acids is 1. The zero-order valence-corrected chi connectivity index (χ0v) is 9.95. The summed E-state index contributed by atoms with van der Waals surface area (Å²) in [7, 11) is 0. The van der Waals surface area contributed by atoms with Crippen LogP contribution in [0.5, 0.6) is 5.88 Å². The van der Waals surface area contributed by atoms with Crippen molar-refractivity contribution in [3.8, 4) is 5.88 Å². The normalized spacial score (nSPS) is 9.00. The molecule has 1 aromatic rings. The molecule has 1 aromatic heterocycles. The lowest BCUT2D eigenvalue weighted by Crippen LogP contribution is -2.47. The van der Waals surface area contributed by atoms with E-state index in [0.29, 0.717) is 6.61 Å². The molecule has 0 bridgehead atoms. The number of carboxylic acids is 1. The van der Waals surface area contributed by atoms with E-state index in [0.717, 1.165) is 30.6 Å². The van der Waals surface area contributed by atoms with Crippen molar-refractivity contribution in [3.05, 3.63) is 23.4 Å². The number of rotatable bonds is 3. The van der Waals surface area contributed by atoms with Crippen molar-refractivity contribution in [3.63, 3.8) is 0 Å². The molecule has 0 atom stereocenters. The van der Waals surface area contributed by atoms with Crippen LogP contribution in [0.1, 0.15) is 25.1 Å². The van der Waals surface area contributed by atoms with E-state index >= 15 is 0 Å². The van der Waals surface area contributed by atoms with Gasteiger partial charge in [-0.05, 0) is 32.9 Å². The van der Waals surface area contributed by atoms with Crippen LogP contribution in [0.2, 0.25) is 0 Å². The first-order valence-corrected chi connectivity index (χ1v) is 5.07. The Labute approximate surface area is 95.3 Å². The largest absolute Gasteiger partial charge is 0.550 e. The van der Waals surface area contributed by atoms with Crippen LogP contribution < -0.4 is 15.6 Å². The zero-order chi connectivity index (χ0) is 12.6. The molecular formula is C11H18N2O3. The Kier molecular flexibility index (Phi) is 6.87. The molecule has 0 radical (unpaired) electrons. The van der Waals surface area contributed by atoms with Crippen LogP contribution in [0.3, 0.4) is 0 Å². The predicted molar refractivity (Wildman–Crippen MR) is 57.4 cm³/mol. The number of hydrogen-bond acceptors (Lipinski definition) is 4. The van der Waals surface area contributed by atoms with E-state index in [4.69, 9.17) is 14.6 Å². The highest BCUT2D eigenvalue weighted by atomic mass is 16.5. The number of aryl methyl sites for hydroxylation is 1. The maximum atomic E-state index is 8.89. The van der Waals surface area contributed by atoms with Gasteiger partial charge in [-0.2, -0.15) is 0 Å². The highest BCUT2D eigenvalue weighted by molar-refractivity contribution is 5.60. The molecule has 90 valence electrons. The van der Waals surface area contributed by atoms with E-state index in [9.17, 15) is 0 Å². The number of ether oxygens (including phenoxy) is 1. The molecule has 5 heteroatoms. The average molecular weight is 226 g/mol. The lowest BCUT2D eigenvalue weighted by molar-refractivity contribution is -0.386. The summed E-state index contributed by atoms with van der Waals surface area (Å²) in [6, 6.07) is 3.99. The van der Waals surface area contributed by atoms with Crippen molar-refractivity contribution in [1.82, 2.24) is 4.98 Å². The van der Waals surface area contributed by atoms with Crippen LogP contribution in [-0.2, 0) is 11.3 Å². The average Bonchev–Trinajstić information content (AvgIpc) is 2.18. The van der Waals surface area contributed by atoms with Crippen LogP contribution in [-0.4, -0.2) is 17.6 Å². The number of carbonyl (C=O) groups is 1. The van der Waals surface area contributed by atoms with E-state index in [1.54, 1.807) is 0 Å². The Bertz CT molecular complexity index is 336. The summed E-state index contributed by atoms with van der Waals surface area (Å²) in [6.07, 6.45) is 0. The van der Waals surface area contributed by atoms with E-state index < -0.39 is 5.97 Å². The molecule has 16 heavy (non-hydrogen) atoms. The third-order valence-electron chi connectivity index (χ3n) is 1.63. The highest BCUT2D eigenvalue weighted by Gasteiger charge is 2.04. The summed E-state index contributed by atoms with van der Waals surface area (Å²) in [4.78, 5) is 13.2. The van der Waals surface area contributed by atoms with E-state index in [1.165, 1.54) is 0 Å². The maximum Gasteiger partial charge on any atom is 0.222 e. The Hall–Kier alpha value is -1.62. The van der Waals surface area contributed by atoms with Crippen LogP contribution in [0.25, 0.3) is 0 Å². The molecule has 0 unspecified atom stereocenters. The van der Waals surface area contributed by atoms with Crippen LogP contribution in [0.15, 0.2) is 12.1 Å². The summed E-state index contributed by atoms with van der Waals surface area (Å²) in [5, 5.41) is 8.89. The minimum atomic E-state index is -1.08. The maximum absolute atomic E-state index is 8.89. The molecule has 3 N–H and O–H groups in total. The monoisotopic (exact) mass is 226 g/mol. The summed E-state index contributed by atoms with van der Waals surface area (Å²) < 4.78 is 5.36. The van der Waals surface area contributed by atoms with Crippen LogP contribution >= 0.6 is 0 Å². The topological polar surface area (TPSA) is 89.9 Å². The van der Waals surface area contributed by atoms with Gasteiger partial charge < -0.3 is 20.4 Å². The van der Waals surface area contributed by atoms with Crippen molar-refractivity contribution in [2.45, 2.75) is 27.3 Å². The fourth-order valence-electron chi connectivity index (χ4n) is 1.01. The minimum absolute atomic E-state index is 0.656. The number of carboxylic acid groups (broad SMARTS) is 1. The molecule has 5 nitrogen and oxygen atoms in total. The van der Waals surface area contributed by atoms with Gasteiger partial charge in [-0.1, -0.05) is 0 Å². The molecule has 0 aliphatic rings. The number of aliphatic carboxylic acids is 1. The van der Waals surface area contributed by atoms with Crippen molar-refractivity contribution >= 4 is 5.97 Å². The lowest BCUT2D eigenvalue weighted by Gasteiger charge is -2.06. The second-order valence-electron chi connectivity index (χ2n) is 3.09. The van der Waals surface area contributed by atoms with Gasteiger partial charge in [0.2, 0.25) is 5.88 Å². The van der Waals surface area contributed by atoms with Gasteiger partial charge in [0.15, 0.2) is 0 Å². The van der Waals surface area contributed by atoms with Gasteiger partial charge in [0, 0.05) is 11.7 Å². The van der Waals surface area contributed by atoms with Gasteiger partial charge in [-0.15, -0.1) is 0 Å². The van der Waals surface area contributed by atoms with Gasteiger partial charge in [-0.3, -0.25) is 0 Å². The van der Waals surface area contributed by atoms with Crippen LogP contribution in [0, 0.1) is 6.92 Å². The summed E-state index contributed by atoms with van der Waals surface area (Å²) in [5.41, 5.74) is 5.86. The second-order valence-corrected chi connectivity index (χ2v) is 3.09. The molecular weight excluding hydrogens is 208 g/mol. The van der Waals surface area contributed by atoms with E-state index in [-0.39, 0.29) is 0 Å². The molecule has 0 spiro atoms. The fraction of sp³-hybridized carbons (Fsp3) is 0.455.